The average Bonchev–Trinajstić information content (AvgIpc) is 3.15. The highest BCUT2D eigenvalue weighted by Crippen LogP contribution is 2.28. The Bertz CT molecular complexity index is 972. The summed E-state index contributed by atoms with van der Waals surface area (Å²) in [4.78, 5) is 18.4. The number of methoxy groups -OCH3 is 1. The monoisotopic (exact) mass is 418 g/mol. The summed E-state index contributed by atoms with van der Waals surface area (Å²) in [5.41, 5.74) is 1.63. The second-order valence-electron chi connectivity index (χ2n) is 6.30. The molecule has 0 saturated heterocycles. The molecule has 146 valence electrons. The molecule has 0 atom stereocenters. The number of hydrogen-bond acceptors (Lipinski definition) is 4. The van der Waals surface area contributed by atoms with Crippen LogP contribution in [0.3, 0.4) is 0 Å². The molecular weight excluding hydrogens is 399 g/mol. The molecule has 2 aromatic carbocycles. The van der Waals surface area contributed by atoms with Crippen LogP contribution in [0.25, 0.3) is 11.3 Å². The van der Waals surface area contributed by atoms with Gasteiger partial charge >= 0.3 is 0 Å². The van der Waals surface area contributed by atoms with E-state index >= 15 is 0 Å². The van der Waals surface area contributed by atoms with Crippen molar-refractivity contribution in [2.45, 2.75) is 19.4 Å². The molecule has 0 fully saturated rings. The van der Waals surface area contributed by atoms with Crippen molar-refractivity contribution < 1.29 is 13.9 Å². The molecule has 1 amide bonds. The summed E-state index contributed by atoms with van der Waals surface area (Å²) in [5, 5.41) is 1.19. The van der Waals surface area contributed by atoms with E-state index in [9.17, 15) is 4.79 Å². The second kappa shape index (κ2) is 9.13. The van der Waals surface area contributed by atoms with E-state index in [1.807, 2.05) is 18.2 Å². The lowest BCUT2D eigenvalue weighted by molar-refractivity contribution is -0.130. The molecule has 1 heterocycles. The number of aryl methyl sites for hydroxylation is 1. The third-order valence-corrected chi connectivity index (χ3v) is 4.89. The van der Waals surface area contributed by atoms with Gasteiger partial charge in [-0.05, 0) is 30.3 Å². The van der Waals surface area contributed by atoms with Crippen LogP contribution in [0.2, 0.25) is 10.0 Å². The van der Waals surface area contributed by atoms with Crippen molar-refractivity contribution in [3.8, 4) is 17.1 Å². The van der Waals surface area contributed by atoms with Crippen LogP contribution in [0, 0.1) is 0 Å². The lowest BCUT2D eigenvalue weighted by atomic mass is 10.2. The maximum absolute atomic E-state index is 12.5. The van der Waals surface area contributed by atoms with Gasteiger partial charge in [-0.3, -0.25) is 4.79 Å². The first kappa shape index (κ1) is 20.2. The highest BCUT2D eigenvalue weighted by atomic mass is 35.5. The van der Waals surface area contributed by atoms with E-state index in [0.717, 1.165) is 11.1 Å². The van der Waals surface area contributed by atoms with Gasteiger partial charge in [-0.1, -0.05) is 35.3 Å². The normalized spacial score (nSPS) is 10.7. The Morgan fingerprint density at radius 3 is 2.75 bits per heavy atom. The number of ether oxygens (including phenoxy) is 1. The van der Waals surface area contributed by atoms with Gasteiger partial charge in [0.2, 0.25) is 5.91 Å². The fourth-order valence-electron chi connectivity index (χ4n) is 2.83. The van der Waals surface area contributed by atoms with Gasteiger partial charge in [-0.2, -0.15) is 0 Å². The Morgan fingerprint density at radius 1 is 1.21 bits per heavy atom. The molecule has 0 bridgehead atoms. The summed E-state index contributed by atoms with van der Waals surface area (Å²) < 4.78 is 11.1. The summed E-state index contributed by atoms with van der Waals surface area (Å²) in [6.45, 7) is 0.402. The minimum absolute atomic E-state index is 0.0282. The first-order chi connectivity index (χ1) is 13.5. The summed E-state index contributed by atoms with van der Waals surface area (Å²) in [6, 6.07) is 12.7. The maximum Gasteiger partial charge on any atom is 0.223 e. The van der Waals surface area contributed by atoms with Crippen molar-refractivity contribution in [3.63, 3.8) is 0 Å². The van der Waals surface area contributed by atoms with Crippen LogP contribution in [-0.4, -0.2) is 29.9 Å². The zero-order valence-electron chi connectivity index (χ0n) is 15.6. The number of oxazole rings is 1. The molecule has 0 aliphatic carbocycles. The van der Waals surface area contributed by atoms with Crippen LogP contribution >= 0.6 is 23.2 Å². The number of amides is 1. The first-order valence-corrected chi connectivity index (χ1v) is 9.49. The fourth-order valence-corrected chi connectivity index (χ4v) is 3.25. The number of hydrogen-bond donors (Lipinski definition) is 0. The third-order valence-electron chi connectivity index (χ3n) is 4.32. The van der Waals surface area contributed by atoms with Crippen LogP contribution < -0.4 is 4.74 Å². The molecule has 3 rings (SSSR count). The predicted octanol–water partition coefficient (Wildman–Crippen LogP) is 5.25. The third kappa shape index (κ3) is 4.86. The van der Waals surface area contributed by atoms with Crippen molar-refractivity contribution in [2.24, 2.45) is 0 Å². The Balaban J connectivity index is 1.60. The molecule has 28 heavy (non-hydrogen) atoms. The number of benzene rings is 2. The summed E-state index contributed by atoms with van der Waals surface area (Å²) in [5.74, 6) is 1.75. The van der Waals surface area contributed by atoms with E-state index in [1.54, 1.807) is 49.5 Å². The Labute approximate surface area is 173 Å². The average molecular weight is 419 g/mol. The van der Waals surface area contributed by atoms with Crippen LogP contribution in [0.5, 0.6) is 5.75 Å². The molecule has 3 aromatic rings. The van der Waals surface area contributed by atoms with Crippen molar-refractivity contribution in [1.82, 2.24) is 9.88 Å². The van der Waals surface area contributed by atoms with Crippen molar-refractivity contribution in [3.05, 3.63) is 70.2 Å². The van der Waals surface area contributed by atoms with Gasteiger partial charge in [-0.25, -0.2) is 4.98 Å². The number of rotatable bonds is 7. The first-order valence-electron chi connectivity index (χ1n) is 8.74. The van der Waals surface area contributed by atoms with E-state index in [1.165, 1.54) is 0 Å². The SMILES string of the molecule is COc1ccc(Cl)cc1CN(C)C(=O)CCc1ncc(-c2ccccc2Cl)o1. The van der Waals surface area contributed by atoms with Crippen molar-refractivity contribution in [2.75, 3.05) is 14.2 Å². The van der Waals surface area contributed by atoms with Gasteiger partial charge in [0.25, 0.3) is 0 Å². The fraction of sp³-hybridized carbons (Fsp3) is 0.238. The van der Waals surface area contributed by atoms with Crippen LogP contribution in [-0.2, 0) is 17.8 Å². The molecule has 0 radical (unpaired) electrons. The highest BCUT2D eigenvalue weighted by Gasteiger charge is 2.15. The predicted molar refractivity (Wildman–Crippen MR) is 110 cm³/mol. The molecule has 5 nitrogen and oxygen atoms in total. The number of aromatic nitrogens is 1. The maximum atomic E-state index is 12.5. The lowest BCUT2D eigenvalue weighted by Crippen LogP contribution is -2.26. The van der Waals surface area contributed by atoms with Gasteiger partial charge in [0.15, 0.2) is 11.7 Å². The van der Waals surface area contributed by atoms with E-state index in [4.69, 9.17) is 32.4 Å². The number of nitrogens with zero attached hydrogens (tertiary/aromatic N) is 2. The van der Waals surface area contributed by atoms with Crippen molar-refractivity contribution >= 4 is 29.1 Å². The van der Waals surface area contributed by atoms with Gasteiger partial charge < -0.3 is 14.1 Å². The molecule has 0 aliphatic heterocycles. The van der Waals surface area contributed by atoms with Crippen LogP contribution in [0.1, 0.15) is 17.9 Å². The zero-order valence-corrected chi connectivity index (χ0v) is 17.1. The van der Waals surface area contributed by atoms with E-state index in [2.05, 4.69) is 4.98 Å². The molecular formula is C21H20Cl2N2O3. The van der Waals surface area contributed by atoms with Gasteiger partial charge in [0.1, 0.15) is 5.75 Å². The quantitative estimate of drug-likeness (QED) is 0.525. The van der Waals surface area contributed by atoms with Crippen molar-refractivity contribution in [1.29, 1.82) is 0 Å². The van der Waals surface area contributed by atoms with Gasteiger partial charge in [-0.15, -0.1) is 0 Å². The topological polar surface area (TPSA) is 55.6 Å². The molecule has 0 aliphatic rings. The zero-order chi connectivity index (χ0) is 20.1. The largest absolute Gasteiger partial charge is 0.496 e. The summed E-state index contributed by atoms with van der Waals surface area (Å²) >= 11 is 12.2. The summed E-state index contributed by atoms with van der Waals surface area (Å²) in [7, 11) is 3.33. The highest BCUT2D eigenvalue weighted by molar-refractivity contribution is 6.33. The number of carbonyl (C=O) groups is 1. The van der Waals surface area contributed by atoms with E-state index in [-0.39, 0.29) is 12.3 Å². The minimum atomic E-state index is -0.0282. The van der Waals surface area contributed by atoms with Crippen LogP contribution in [0.15, 0.2) is 53.1 Å². The van der Waals surface area contributed by atoms with Gasteiger partial charge in [0, 0.05) is 42.6 Å². The van der Waals surface area contributed by atoms with E-state index < -0.39 is 0 Å². The molecule has 0 N–H and O–H groups in total. The number of halogens is 2. The molecule has 7 heteroatoms. The smallest absolute Gasteiger partial charge is 0.223 e. The summed E-state index contributed by atoms with van der Waals surface area (Å²) in [6.07, 6.45) is 2.31. The van der Waals surface area contributed by atoms with Gasteiger partial charge in [0.05, 0.1) is 18.3 Å². The molecule has 0 saturated carbocycles. The molecule has 0 unspecified atom stereocenters. The standard InChI is InChI=1S/C21H20Cl2N2O3/c1-25(13-14-11-15(22)7-8-18(14)27-2)21(26)10-9-20-24-12-19(28-20)16-5-3-4-6-17(16)23/h3-8,11-12H,9-10,13H2,1-2H3. The lowest BCUT2D eigenvalue weighted by Gasteiger charge is -2.19. The Hall–Kier alpha value is -2.50. The molecule has 0 spiro atoms. The Kier molecular flexibility index (Phi) is 6.60. The van der Waals surface area contributed by atoms with E-state index in [0.29, 0.717) is 40.4 Å². The minimum Gasteiger partial charge on any atom is -0.496 e. The second-order valence-corrected chi connectivity index (χ2v) is 7.15. The molecule has 1 aromatic heterocycles. The Morgan fingerprint density at radius 2 is 2.00 bits per heavy atom. The number of carbonyl (C=O) groups excluding carboxylic acids is 1. The van der Waals surface area contributed by atoms with Crippen LogP contribution in [0.4, 0.5) is 0 Å².